The van der Waals surface area contributed by atoms with Crippen molar-refractivity contribution in [2.75, 3.05) is 13.1 Å². The van der Waals surface area contributed by atoms with E-state index in [2.05, 4.69) is 9.88 Å². The number of likely N-dealkylation sites (tertiary alicyclic amines) is 1. The first kappa shape index (κ1) is 23.2. The van der Waals surface area contributed by atoms with Gasteiger partial charge < -0.3 is 19.6 Å². The summed E-state index contributed by atoms with van der Waals surface area (Å²) in [6, 6.07) is 7.94. The van der Waals surface area contributed by atoms with Crippen molar-refractivity contribution in [3.8, 4) is 11.5 Å². The number of rotatable bonds is 5. The lowest BCUT2D eigenvalue weighted by atomic mass is 10.0. The molecule has 7 nitrogen and oxygen atoms in total. The van der Waals surface area contributed by atoms with Crippen LogP contribution >= 0.6 is 11.6 Å². The Kier molecular flexibility index (Phi) is 5.86. The molecule has 1 fully saturated rings. The van der Waals surface area contributed by atoms with Gasteiger partial charge in [0, 0.05) is 42.2 Å². The molecular formula is C25H29ClFN3O4. The Bertz CT molecular complexity index is 1280. The lowest BCUT2D eigenvalue weighted by Crippen LogP contribution is -2.50. The molecule has 2 unspecified atom stereocenters. The Balaban J connectivity index is 1.35. The molecule has 3 aromatic rings. The number of hydrogen-bond acceptors (Lipinski definition) is 5. The van der Waals surface area contributed by atoms with Crippen molar-refractivity contribution in [1.82, 2.24) is 14.5 Å². The molecule has 2 aliphatic rings. The Morgan fingerprint density at radius 3 is 2.71 bits per heavy atom. The molecule has 0 radical (unpaired) electrons. The predicted molar refractivity (Wildman–Crippen MR) is 128 cm³/mol. The third-order valence-corrected chi connectivity index (χ3v) is 6.87. The number of aromatic nitrogens is 2. The summed E-state index contributed by atoms with van der Waals surface area (Å²) < 4.78 is 27.7. The standard InChI is InChI=1S/C25H29ClFN3O4/c1-14(31)23(33-21-11-16(26)10-15-13-25(2,3)34-22(15)21)29-8-6-18(7-9-29)30-20-5-4-17(27)12-19(20)28-24(30)32/h4-5,10-12,14,18,23,31H,6-9,13H2,1-3H3,(H,28,32). The largest absolute Gasteiger partial charge is 0.483 e. The van der Waals surface area contributed by atoms with Crippen LogP contribution in [-0.4, -0.2) is 50.6 Å². The molecule has 2 atom stereocenters. The maximum Gasteiger partial charge on any atom is 0.326 e. The molecule has 0 amide bonds. The van der Waals surface area contributed by atoms with Crippen LogP contribution in [0.5, 0.6) is 11.5 Å². The fraction of sp³-hybridized carbons (Fsp3) is 0.480. The minimum atomic E-state index is -0.764. The van der Waals surface area contributed by atoms with Gasteiger partial charge in [-0.05, 0) is 57.9 Å². The van der Waals surface area contributed by atoms with Gasteiger partial charge in [-0.1, -0.05) is 11.6 Å². The van der Waals surface area contributed by atoms with Crippen molar-refractivity contribution in [2.24, 2.45) is 0 Å². The SMILES string of the molecule is CC(O)C(Oc1cc(Cl)cc2c1OC(C)(C)C2)N1CCC(n2c(=O)[nH]c3cc(F)ccc32)CC1. The summed E-state index contributed by atoms with van der Waals surface area (Å²) in [5.41, 5.74) is 1.60. The topological polar surface area (TPSA) is 79.7 Å². The number of aliphatic hydroxyl groups is 1. The molecule has 3 heterocycles. The number of piperidine rings is 1. The number of nitrogens with zero attached hydrogens (tertiary/aromatic N) is 2. The fourth-order valence-electron chi connectivity index (χ4n) is 5.20. The van der Waals surface area contributed by atoms with E-state index in [0.29, 0.717) is 53.5 Å². The van der Waals surface area contributed by atoms with Crippen LogP contribution in [0.3, 0.4) is 0 Å². The number of nitrogens with one attached hydrogen (secondary N) is 1. The molecule has 2 N–H and O–H groups in total. The van der Waals surface area contributed by atoms with E-state index in [-0.39, 0.29) is 23.1 Å². The first-order valence-corrected chi connectivity index (χ1v) is 12.0. The van der Waals surface area contributed by atoms with Gasteiger partial charge in [0.1, 0.15) is 17.5 Å². The first-order chi connectivity index (χ1) is 16.1. The van der Waals surface area contributed by atoms with E-state index in [1.807, 2.05) is 19.9 Å². The second-order valence-electron chi connectivity index (χ2n) is 9.91. The Morgan fingerprint density at radius 2 is 2.00 bits per heavy atom. The molecule has 0 aliphatic carbocycles. The first-order valence-electron chi connectivity index (χ1n) is 11.6. The van der Waals surface area contributed by atoms with Crippen molar-refractivity contribution in [2.45, 2.75) is 64.0 Å². The predicted octanol–water partition coefficient (Wildman–Crippen LogP) is 4.26. The highest BCUT2D eigenvalue weighted by atomic mass is 35.5. The third-order valence-electron chi connectivity index (χ3n) is 6.65. The third kappa shape index (κ3) is 4.30. The molecule has 5 rings (SSSR count). The van der Waals surface area contributed by atoms with Crippen LogP contribution < -0.4 is 15.2 Å². The minimum absolute atomic E-state index is 0.0304. The maximum atomic E-state index is 13.6. The minimum Gasteiger partial charge on any atom is -0.483 e. The highest BCUT2D eigenvalue weighted by Crippen LogP contribution is 2.44. The molecular weight excluding hydrogens is 461 g/mol. The number of imidazole rings is 1. The summed E-state index contributed by atoms with van der Waals surface area (Å²) in [6.45, 7) is 6.97. The van der Waals surface area contributed by atoms with Gasteiger partial charge in [-0.15, -0.1) is 0 Å². The number of ether oxygens (including phenoxy) is 2. The van der Waals surface area contributed by atoms with E-state index in [1.54, 1.807) is 23.6 Å². The summed E-state index contributed by atoms with van der Waals surface area (Å²) in [6.07, 6.45) is 0.749. The van der Waals surface area contributed by atoms with Gasteiger partial charge >= 0.3 is 5.69 Å². The number of aromatic amines is 1. The van der Waals surface area contributed by atoms with Gasteiger partial charge in [0.05, 0.1) is 11.0 Å². The van der Waals surface area contributed by atoms with Crippen LogP contribution in [0.25, 0.3) is 11.0 Å². The van der Waals surface area contributed by atoms with Crippen molar-refractivity contribution in [3.05, 3.63) is 57.2 Å². The molecule has 1 saturated heterocycles. The van der Waals surface area contributed by atoms with Crippen LogP contribution in [0.2, 0.25) is 5.02 Å². The van der Waals surface area contributed by atoms with E-state index in [0.717, 1.165) is 12.0 Å². The molecule has 0 bridgehead atoms. The molecule has 0 saturated carbocycles. The molecule has 0 spiro atoms. The summed E-state index contributed by atoms with van der Waals surface area (Å²) in [7, 11) is 0. The Morgan fingerprint density at radius 1 is 1.26 bits per heavy atom. The van der Waals surface area contributed by atoms with Gasteiger partial charge in [0.2, 0.25) is 0 Å². The van der Waals surface area contributed by atoms with Crippen molar-refractivity contribution in [1.29, 1.82) is 0 Å². The van der Waals surface area contributed by atoms with Gasteiger partial charge in [-0.2, -0.15) is 0 Å². The van der Waals surface area contributed by atoms with Gasteiger partial charge in [-0.25, -0.2) is 9.18 Å². The molecule has 2 aliphatic heterocycles. The van der Waals surface area contributed by atoms with Crippen molar-refractivity contribution in [3.63, 3.8) is 0 Å². The van der Waals surface area contributed by atoms with E-state index in [9.17, 15) is 14.3 Å². The second kappa shape index (κ2) is 8.59. The molecule has 9 heteroatoms. The normalized spacial score (nSPS) is 20.2. The van der Waals surface area contributed by atoms with Gasteiger partial charge in [0.15, 0.2) is 17.7 Å². The summed E-state index contributed by atoms with van der Waals surface area (Å²) in [4.78, 5) is 17.4. The van der Waals surface area contributed by atoms with Crippen LogP contribution in [0, 0.1) is 5.82 Å². The van der Waals surface area contributed by atoms with Crippen molar-refractivity contribution >= 4 is 22.6 Å². The van der Waals surface area contributed by atoms with E-state index >= 15 is 0 Å². The van der Waals surface area contributed by atoms with E-state index in [4.69, 9.17) is 21.1 Å². The average molecular weight is 490 g/mol. The zero-order chi connectivity index (χ0) is 24.2. The van der Waals surface area contributed by atoms with Crippen molar-refractivity contribution < 1.29 is 19.0 Å². The van der Waals surface area contributed by atoms with E-state index < -0.39 is 12.3 Å². The van der Waals surface area contributed by atoms with Crippen LogP contribution in [0.1, 0.15) is 45.2 Å². The molecule has 182 valence electrons. The molecule has 2 aromatic carbocycles. The zero-order valence-corrected chi connectivity index (χ0v) is 20.2. The Hall–Kier alpha value is -2.55. The second-order valence-corrected chi connectivity index (χ2v) is 10.3. The lowest BCUT2D eigenvalue weighted by molar-refractivity contribution is -0.0709. The highest BCUT2D eigenvalue weighted by Gasteiger charge is 2.36. The van der Waals surface area contributed by atoms with Crippen LogP contribution in [-0.2, 0) is 6.42 Å². The number of H-pyrrole nitrogens is 1. The van der Waals surface area contributed by atoms with Gasteiger partial charge in [-0.3, -0.25) is 9.47 Å². The smallest absolute Gasteiger partial charge is 0.326 e. The fourth-order valence-corrected chi connectivity index (χ4v) is 5.43. The maximum absolute atomic E-state index is 13.6. The zero-order valence-electron chi connectivity index (χ0n) is 19.5. The number of halogens is 2. The number of fused-ring (bicyclic) bond motifs is 2. The quantitative estimate of drug-likeness (QED) is 0.560. The summed E-state index contributed by atoms with van der Waals surface area (Å²) in [5.74, 6) is 0.816. The summed E-state index contributed by atoms with van der Waals surface area (Å²) in [5, 5.41) is 11.1. The van der Waals surface area contributed by atoms with Gasteiger partial charge in [0.25, 0.3) is 0 Å². The number of aliphatic hydroxyl groups excluding tert-OH is 1. The summed E-state index contributed by atoms with van der Waals surface area (Å²) >= 11 is 6.35. The molecule has 34 heavy (non-hydrogen) atoms. The molecule has 1 aromatic heterocycles. The average Bonchev–Trinajstić information content (AvgIpc) is 3.25. The van der Waals surface area contributed by atoms with Crippen LogP contribution in [0.15, 0.2) is 35.1 Å². The van der Waals surface area contributed by atoms with Crippen LogP contribution in [0.4, 0.5) is 4.39 Å². The number of hydrogen-bond donors (Lipinski definition) is 2. The number of benzene rings is 2. The highest BCUT2D eigenvalue weighted by molar-refractivity contribution is 6.30. The van der Waals surface area contributed by atoms with E-state index in [1.165, 1.54) is 12.1 Å². The Labute approximate surface area is 202 Å². The monoisotopic (exact) mass is 489 g/mol. The lowest BCUT2D eigenvalue weighted by Gasteiger charge is -2.39.